The molecule has 2 heterocycles. The molecule has 2 rings (SSSR count). The first-order chi connectivity index (χ1) is 7.41. The van der Waals surface area contributed by atoms with Crippen molar-refractivity contribution in [3.8, 4) is 0 Å². The molecular weight excluding hydrogens is 263 g/mol. The standard InChI is InChI=1S/C8H5ClF3N3S/c1-16-7-14-5(9)2-6-13-4(3-15(6)7)8(10,11)12/h2-3H,1H3. The van der Waals surface area contributed by atoms with Crippen LogP contribution < -0.4 is 0 Å². The van der Waals surface area contributed by atoms with Crippen LogP contribution in [-0.2, 0) is 6.18 Å². The van der Waals surface area contributed by atoms with Crippen molar-refractivity contribution in [3.63, 3.8) is 0 Å². The monoisotopic (exact) mass is 267 g/mol. The fourth-order valence-electron chi connectivity index (χ4n) is 1.21. The van der Waals surface area contributed by atoms with E-state index in [1.807, 2.05) is 0 Å². The lowest BCUT2D eigenvalue weighted by molar-refractivity contribution is -0.140. The van der Waals surface area contributed by atoms with Crippen LogP contribution in [0.1, 0.15) is 5.69 Å². The van der Waals surface area contributed by atoms with Crippen LogP contribution in [0, 0.1) is 0 Å². The average molecular weight is 268 g/mol. The van der Waals surface area contributed by atoms with Gasteiger partial charge < -0.3 is 0 Å². The number of nitrogens with zero attached hydrogens (tertiary/aromatic N) is 3. The molecule has 0 fully saturated rings. The summed E-state index contributed by atoms with van der Waals surface area (Å²) in [6.07, 6.45) is -1.86. The minimum Gasteiger partial charge on any atom is -0.278 e. The Morgan fingerprint density at radius 2 is 2.06 bits per heavy atom. The fraction of sp³-hybridized carbons (Fsp3) is 0.250. The van der Waals surface area contributed by atoms with E-state index in [1.54, 1.807) is 6.26 Å². The Morgan fingerprint density at radius 3 is 2.62 bits per heavy atom. The Bertz CT molecular complexity index is 537. The first-order valence-electron chi connectivity index (χ1n) is 4.08. The smallest absolute Gasteiger partial charge is 0.278 e. The van der Waals surface area contributed by atoms with Crippen LogP contribution in [-0.4, -0.2) is 20.6 Å². The number of alkyl halides is 3. The molecule has 0 N–H and O–H groups in total. The number of aromatic nitrogens is 3. The zero-order chi connectivity index (χ0) is 11.9. The van der Waals surface area contributed by atoms with E-state index in [2.05, 4.69) is 9.97 Å². The molecule has 0 spiro atoms. The van der Waals surface area contributed by atoms with Crippen LogP contribution in [0.5, 0.6) is 0 Å². The summed E-state index contributed by atoms with van der Waals surface area (Å²) in [5, 5.41) is 0.488. The normalized spacial score (nSPS) is 12.3. The molecule has 0 unspecified atom stereocenters. The molecule has 0 aromatic carbocycles. The van der Waals surface area contributed by atoms with E-state index in [4.69, 9.17) is 11.6 Å². The third kappa shape index (κ3) is 1.97. The Kier molecular flexibility index (Phi) is 2.75. The van der Waals surface area contributed by atoms with Crippen LogP contribution in [0.15, 0.2) is 17.4 Å². The number of rotatable bonds is 1. The summed E-state index contributed by atoms with van der Waals surface area (Å²) in [5.74, 6) is 0. The van der Waals surface area contributed by atoms with E-state index >= 15 is 0 Å². The summed E-state index contributed by atoms with van der Waals surface area (Å²) in [6, 6.07) is 1.29. The highest BCUT2D eigenvalue weighted by Gasteiger charge is 2.34. The van der Waals surface area contributed by atoms with Crippen molar-refractivity contribution < 1.29 is 13.2 Å². The summed E-state index contributed by atoms with van der Waals surface area (Å²) in [5.41, 5.74) is -0.816. The Hall–Kier alpha value is -0.950. The lowest BCUT2D eigenvalue weighted by atomic mass is 10.5. The Balaban J connectivity index is 2.70. The van der Waals surface area contributed by atoms with Gasteiger partial charge in [0.25, 0.3) is 0 Å². The molecule has 0 atom stereocenters. The van der Waals surface area contributed by atoms with Gasteiger partial charge in [0.15, 0.2) is 10.9 Å². The predicted molar refractivity (Wildman–Crippen MR) is 54.8 cm³/mol. The number of hydrogen-bond acceptors (Lipinski definition) is 3. The maximum absolute atomic E-state index is 12.4. The SMILES string of the molecule is CSc1nc(Cl)cc2nc(C(F)(F)F)cn12. The third-order valence-corrected chi connectivity index (χ3v) is 2.71. The van der Waals surface area contributed by atoms with Gasteiger partial charge in [-0.3, -0.25) is 4.40 Å². The first-order valence-corrected chi connectivity index (χ1v) is 5.69. The zero-order valence-electron chi connectivity index (χ0n) is 7.92. The molecule has 0 saturated heterocycles. The summed E-state index contributed by atoms with van der Waals surface area (Å²) in [7, 11) is 0. The molecule has 0 aliphatic heterocycles. The summed E-state index contributed by atoms with van der Waals surface area (Å²) < 4.78 is 38.5. The second-order valence-corrected chi connectivity index (χ2v) is 4.08. The maximum atomic E-state index is 12.4. The summed E-state index contributed by atoms with van der Waals surface area (Å²) in [4.78, 5) is 7.35. The molecular formula is C8H5ClF3N3S. The van der Waals surface area contributed by atoms with E-state index in [0.29, 0.717) is 5.16 Å². The number of halogens is 4. The van der Waals surface area contributed by atoms with Crippen LogP contribution >= 0.6 is 23.4 Å². The van der Waals surface area contributed by atoms with E-state index in [-0.39, 0.29) is 10.8 Å². The number of hydrogen-bond donors (Lipinski definition) is 0. The van der Waals surface area contributed by atoms with Crippen molar-refractivity contribution in [3.05, 3.63) is 23.1 Å². The topological polar surface area (TPSA) is 30.2 Å². The fourth-order valence-corrected chi connectivity index (χ4v) is 1.97. The molecule has 2 aromatic rings. The van der Waals surface area contributed by atoms with Gasteiger partial charge in [-0.2, -0.15) is 13.2 Å². The van der Waals surface area contributed by atoms with E-state index in [9.17, 15) is 13.2 Å². The molecule has 0 bridgehead atoms. The second kappa shape index (κ2) is 3.81. The quantitative estimate of drug-likeness (QED) is 0.452. The lowest BCUT2D eigenvalue weighted by Gasteiger charge is -2.00. The molecule has 16 heavy (non-hydrogen) atoms. The van der Waals surface area contributed by atoms with Gasteiger partial charge in [-0.15, -0.1) is 0 Å². The molecule has 0 saturated carbocycles. The highest BCUT2D eigenvalue weighted by Crippen LogP contribution is 2.30. The van der Waals surface area contributed by atoms with Gasteiger partial charge in [-0.25, -0.2) is 9.97 Å². The van der Waals surface area contributed by atoms with Gasteiger partial charge in [0, 0.05) is 12.3 Å². The molecule has 8 heteroatoms. The number of thioether (sulfide) groups is 1. The van der Waals surface area contributed by atoms with Crippen molar-refractivity contribution in [1.82, 2.24) is 14.4 Å². The van der Waals surface area contributed by atoms with Crippen molar-refractivity contribution in [2.75, 3.05) is 6.26 Å². The summed E-state index contributed by atoms with van der Waals surface area (Å²) in [6.45, 7) is 0. The number of imidazole rings is 1. The van der Waals surface area contributed by atoms with Gasteiger partial charge in [0.1, 0.15) is 10.8 Å². The van der Waals surface area contributed by atoms with E-state index in [0.717, 1.165) is 6.20 Å². The predicted octanol–water partition coefficient (Wildman–Crippen LogP) is 3.12. The molecule has 0 aliphatic carbocycles. The third-order valence-electron chi connectivity index (χ3n) is 1.86. The minimum atomic E-state index is -4.46. The van der Waals surface area contributed by atoms with Crippen molar-refractivity contribution in [2.24, 2.45) is 0 Å². The molecule has 0 radical (unpaired) electrons. The average Bonchev–Trinajstić information content (AvgIpc) is 2.59. The van der Waals surface area contributed by atoms with E-state index < -0.39 is 11.9 Å². The van der Waals surface area contributed by atoms with Crippen LogP contribution in [0.25, 0.3) is 5.65 Å². The van der Waals surface area contributed by atoms with Crippen LogP contribution in [0.2, 0.25) is 5.15 Å². The second-order valence-electron chi connectivity index (χ2n) is 2.92. The van der Waals surface area contributed by atoms with Gasteiger partial charge in [-0.1, -0.05) is 23.4 Å². The highest BCUT2D eigenvalue weighted by molar-refractivity contribution is 7.98. The molecule has 3 nitrogen and oxygen atoms in total. The van der Waals surface area contributed by atoms with Crippen molar-refractivity contribution >= 4 is 29.0 Å². The van der Waals surface area contributed by atoms with Crippen LogP contribution in [0.4, 0.5) is 13.2 Å². The van der Waals surface area contributed by atoms with Gasteiger partial charge >= 0.3 is 6.18 Å². The minimum absolute atomic E-state index is 0.121. The van der Waals surface area contributed by atoms with Crippen molar-refractivity contribution in [2.45, 2.75) is 11.3 Å². The highest BCUT2D eigenvalue weighted by atomic mass is 35.5. The molecule has 86 valence electrons. The summed E-state index contributed by atoms with van der Waals surface area (Å²) >= 11 is 6.86. The largest absolute Gasteiger partial charge is 0.434 e. The van der Waals surface area contributed by atoms with Gasteiger partial charge in [0.2, 0.25) is 0 Å². The maximum Gasteiger partial charge on any atom is 0.434 e. The lowest BCUT2D eigenvalue weighted by Crippen LogP contribution is -2.04. The Morgan fingerprint density at radius 1 is 1.38 bits per heavy atom. The molecule has 0 amide bonds. The molecule has 2 aromatic heterocycles. The van der Waals surface area contributed by atoms with Crippen molar-refractivity contribution in [1.29, 1.82) is 0 Å². The van der Waals surface area contributed by atoms with E-state index in [1.165, 1.54) is 22.2 Å². The Labute approximate surface area is 97.6 Å². The number of fused-ring (bicyclic) bond motifs is 1. The van der Waals surface area contributed by atoms with Gasteiger partial charge in [-0.05, 0) is 6.26 Å². The zero-order valence-corrected chi connectivity index (χ0v) is 9.49. The first kappa shape index (κ1) is 11.5. The van der Waals surface area contributed by atoms with Gasteiger partial charge in [0.05, 0.1) is 0 Å². The molecule has 0 aliphatic rings. The van der Waals surface area contributed by atoms with Crippen LogP contribution in [0.3, 0.4) is 0 Å².